The Morgan fingerprint density at radius 3 is 2.47 bits per heavy atom. The van der Waals surface area contributed by atoms with Gasteiger partial charge in [0, 0.05) is 34.9 Å². The standard InChI is InChI=1S/C25H32BrN3O/c1-4-18-5-7-19(8-6-18)22-16-23(21-15-20(26)9-10-24(21)30)28-25(27-22)11-13-29(14-12-25)17(2)3/h5-10,15-17,23,27-28,30H,4,11-14H2,1-3H3. The van der Waals surface area contributed by atoms with Crippen molar-refractivity contribution in [2.24, 2.45) is 0 Å². The molecule has 1 fully saturated rings. The molecule has 1 unspecified atom stereocenters. The van der Waals surface area contributed by atoms with Gasteiger partial charge in [-0.05, 0) is 68.5 Å². The largest absolute Gasteiger partial charge is 0.508 e. The van der Waals surface area contributed by atoms with Gasteiger partial charge in [-0.3, -0.25) is 5.32 Å². The SMILES string of the molecule is CCc1ccc(C2=CC(c3cc(Br)ccc3O)NC3(CCN(C(C)C)CC3)N2)cc1. The summed E-state index contributed by atoms with van der Waals surface area (Å²) in [6.45, 7) is 8.82. The summed E-state index contributed by atoms with van der Waals surface area (Å²) in [4.78, 5) is 2.54. The summed E-state index contributed by atoms with van der Waals surface area (Å²) in [5.74, 6) is 0.323. The molecule has 0 radical (unpaired) electrons. The smallest absolute Gasteiger partial charge is 0.120 e. The van der Waals surface area contributed by atoms with Crippen LogP contribution in [0, 0.1) is 0 Å². The fraction of sp³-hybridized carbons (Fsp3) is 0.440. The molecule has 2 heterocycles. The number of nitrogens with zero attached hydrogens (tertiary/aromatic N) is 1. The van der Waals surface area contributed by atoms with Gasteiger partial charge in [0.15, 0.2) is 0 Å². The van der Waals surface area contributed by atoms with Crippen molar-refractivity contribution in [3.8, 4) is 5.75 Å². The Bertz CT molecular complexity index is 914. The van der Waals surface area contributed by atoms with E-state index in [1.165, 1.54) is 11.1 Å². The summed E-state index contributed by atoms with van der Waals surface area (Å²) in [6.07, 6.45) is 5.28. The van der Waals surface area contributed by atoms with Gasteiger partial charge in [-0.25, -0.2) is 0 Å². The summed E-state index contributed by atoms with van der Waals surface area (Å²) in [6, 6.07) is 15.0. The zero-order valence-corrected chi connectivity index (χ0v) is 19.7. The molecule has 0 bridgehead atoms. The Labute approximate surface area is 188 Å². The Hall–Kier alpha value is -1.82. The molecule has 1 saturated heterocycles. The van der Waals surface area contributed by atoms with Crippen LogP contribution in [0.2, 0.25) is 0 Å². The normalized spacial score (nSPS) is 21.5. The summed E-state index contributed by atoms with van der Waals surface area (Å²) in [5.41, 5.74) is 4.39. The van der Waals surface area contributed by atoms with Crippen LogP contribution in [0.15, 0.2) is 53.0 Å². The van der Waals surface area contributed by atoms with E-state index in [-0.39, 0.29) is 11.7 Å². The molecule has 0 aliphatic carbocycles. The van der Waals surface area contributed by atoms with Crippen LogP contribution in [0.3, 0.4) is 0 Å². The molecule has 4 rings (SSSR count). The third-order valence-corrected chi connectivity index (χ3v) is 7.01. The summed E-state index contributed by atoms with van der Waals surface area (Å²) in [7, 11) is 0. The molecule has 1 atom stereocenters. The van der Waals surface area contributed by atoms with Gasteiger partial charge >= 0.3 is 0 Å². The molecule has 1 spiro atoms. The predicted octanol–water partition coefficient (Wildman–Crippen LogP) is 5.19. The van der Waals surface area contributed by atoms with Crippen LogP contribution in [0.25, 0.3) is 5.70 Å². The van der Waals surface area contributed by atoms with E-state index in [0.717, 1.165) is 48.1 Å². The molecule has 4 nitrogen and oxygen atoms in total. The van der Waals surface area contributed by atoms with E-state index in [1.807, 2.05) is 12.1 Å². The number of likely N-dealkylation sites (tertiary alicyclic amines) is 1. The van der Waals surface area contributed by atoms with Gasteiger partial charge in [-0.15, -0.1) is 0 Å². The lowest BCUT2D eigenvalue weighted by Gasteiger charge is -2.49. The fourth-order valence-corrected chi connectivity index (χ4v) is 4.94. The highest BCUT2D eigenvalue weighted by Crippen LogP contribution is 2.37. The second-order valence-electron chi connectivity index (χ2n) is 8.79. The van der Waals surface area contributed by atoms with Gasteiger partial charge in [0.2, 0.25) is 0 Å². The highest BCUT2D eigenvalue weighted by Gasteiger charge is 2.40. The van der Waals surface area contributed by atoms with Gasteiger partial charge in [-0.2, -0.15) is 0 Å². The van der Waals surface area contributed by atoms with Crippen LogP contribution >= 0.6 is 15.9 Å². The number of rotatable bonds is 4. The lowest BCUT2D eigenvalue weighted by molar-refractivity contribution is 0.0907. The third kappa shape index (κ3) is 4.43. The van der Waals surface area contributed by atoms with Crippen molar-refractivity contribution < 1.29 is 5.11 Å². The highest BCUT2D eigenvalue weighted by atomic mass is 79.9. The van der Waals surface area contributed by atoms with Gasteiger partial charge < -0.3 is 15.3 Å². The van der Waals surface area contributed by atoms with E-state index < -0.39 is 0 Å². The molecule has 2 aliphatic heterocycles. The van der Waals surface area contributed by atoms with E-state index in [4.69, 9.17) is 0 Å². The molecule has 5 heteroatoms. The van der Waals surface area contributed by atoms with Crippen molar-refractivity contribution in [2.45, 2.75) is 57.8 Å². The van der Waals surface area contributed by atoms with Gasteiger partial charge in [0.05, 0.1) is 11.7 Å². The van der Waals surface area contributed by atoms with Gasteiger partial charge in [-0.1, -0.05) is 47.1 Å². The second kappa shape index (κ2) is 8.74. The van der Waals surface area contributed by atoms with Crippen LogP contribution in [0.5, 0.6) is 5.75 Å². The number of nitrogens with one attached hydrogen (secondary N) is 2. The number of hydrogen-bond donors (Lipinski definition) is 3. The zero-order chi connectivity index (χ0) is 21.3. The number of aryl methyl sites for hydroxylation is 1. The minimum Gasteiger partial charge on any atom is -0.508 e. The van der Waals surface area contributed by atoms with Gasteiger partial charge in [0.25, 0.3) is 0 Å². The number of halogens is 1. The molecule has 2 aromatic rings. The number of phenolic OH excluding ortho intramolecular Hbond substituents is 1. The van der Waals surface area contributed by atoms with Crippen molar-refractivity contribution >= 4 is 21.6 Å². The molecule has 30 heavy (non-hydrogen) atoms. The molecular formula is C25H32BrN3O. The van der Waals surface area contributed by atoms with E-state index in [2.05, 4.69) is 82.6 Å². The van der Waals surface area contributed by atoms with Crippen LogP contribution < -0.4 is 10.6 Å². The van der Waals surface area contributed by atoms with Crippen molar-refractivity contribution in [1.82, 2.24) is 15.5 Å². The first-order valence-corrected chi connectivity index (χ1v) is 11.8. The Morgan fingerprint density at radius 1 is 1.13 bits per heavy atom. The van der Waals surface area contributed by atoms with Crippen molar-refractivity contribution in [3.63, 3.8) is 0 Å². The lowest BCUT2D eigenvalue weighted by Crippen LogP contribution is -2.64. The monoisotopic (exact) mass is 469 g/mol. The number of aromatic hydroxyl groups is 1. The molecule has 0 aromatic heterocycles. The topological polar surface area (TPSA) is 47.5 Å². The lowest BCUT2D eigenvalue weighted by atomic mass is 9.88. The number of piperidine rings is 1. The summed E-state index contributed by atoms with van der Waals surface area (Å²) >= 11 is 3.57. The highest BCUT2D eigenvalue weighted by molar-refractivity contribution is 9.10. The first kappa shape index (κ1) is 21.4. The average molecular weight is 470 g/mol. The van der Waals surface area contributed by atoms with Gasteiger partial charge in [0.1, 0.15) is 5.75 Å². The molecule has 0 amide bonds. The maximum atomic E-state index is 10.6. The quantitative estimate of drug-likeness (QED) is 0.576. The Morgan fingerprint density at radius 2 is 1.83 bits per heavy atom. The Balaban J connectivity index is 1.70. The van der Waals surface area contributed by atoms with Crippen molar-refractivity contribution in [1.29, 1.82) is 0 Å². The van der Waals surface area contributed by atoms with E-state index in [0.29, 0.717) is 11.8 Å². The summed E-state index contributed by atoms with van der Waals surface area (Å²) < 4.78 is 0.974. The zero-order valence-electron chi connectivity index (χ0n) is 18.1. The van der Waals surface area contributed by atoms with Crippen LogP contribution in [-0.4, -0.2) is 34.8 Å². The first-order valence-electron chi connectivity index (χ1n) is 11.0. The fourth-order valence-electron chi connectivity index (χ4n) is 4.56. The van der Waals surface area contributed by atoms with E-state index in [9.17, 15) is 5.11 Å². The Kier molecular flexibility index (Phi) is 6.24. The average Bonchev–Trinajstić information content (AvgIpc) is 2.75. The number of benzene rings is 2. The van der Waals surface area contributed by atoms with Crippen molar-refractivity contribution in [2.75, 3.05) is 13.1 Å². The number of phenols is 1. The summed E-state index contributed by atoms with van der Waals surface area (Å²) in [5, 5.41) is 18.3. The third-order valence-electron chi connectivity index (χ3n) is 6.52. The van der Waals surface area contributed by atoms with Crippen LogP contribution in [-0.2, 0) is 6.42 Å². The molecule has 2 aliphatic rings. The van der Waals surface area contributed by atoms with E-state index >= 15 is 0 Å². The van der Waals surface area contributed by atoms with Crippen LogP contribution in [0.4, 0.5) is 0 Å². The predicted molar refractivity (Wildman–Crippen MR) is 127 cm³/mol. The first-order chi connectivity index (χ1) is 14.4. The van der Waals surface area contributed by atoms with E-state index in [1.54, 1.807) is 6.07 Å². The van der Waals surface area contributed by atoms with Crippen LogP contribution in [0.1, 0.15) is 56.3 Å². The minimum atomic E-state index is -0.182. The molecule has 0 saturated carbocycles. The maximum Gasteiger partial charge on any atom is 0.120 e. The minimum absolute atomic E-state index is 0.0600. The molecular weight excluding hydrogens is 438 g/mol. The second-order valence-corrected chi connectivity index (χ2v) is 9.71. The molecule has 3 N–H and O–H groups in total. The molecule has 2 aromatic carbocycles. The number of hydrogen-bond acceptors (Lipinski definition) is 4. The maximum absolute atomic E-state index is 10.6. The molecule has 160 valence electrons. The van der Waals surface area contributed by atoms with Crippen molar-refractivity contribution in [3.05, 3.63) is 69.7 Å².